The summed E-state index contributed by atoms with van der Waals surface area (Å²) in [5, 5.41) is 3.75. The van der Waals surface area contributed by atoms with Gasteiger partial charge < -0.3 is 10.1 Å². The molecule has 1 aliphatic rings. The number of hydrogen-bond donors (Lipinski definition) is 1. The van der Waals surface area contributed by atoms with Crippen molar-refractivity contribution in [1.82, 2.24) is 5.32 Å². The topological polar surface area (TPSA) is 21.3 Å². The van der Waals surface area contributed by atoms with E-state index in [0.717, 1.165) is 19.2 Å². The predicted molar refractivity (Wildman–Crippen MR) is 92.9 cm³/mol. The maximum atomic E-state index is 6.02. The Labute approximate surface area is 133 Å². The van der Waals surface area contributed by atoms with E-state index in [2.05, 4.69) is 19.2 Å². The first-order valence-electron chi connectivity index (χ1n) is 9.71. The van der Waals surface area contributed by atoms with Crippen molar-refractivity contribution < 1.29 is 4.74 Å². The molecule has 1 aliphatic carbocycles. The van der Waals surface area contributed by atoms with E-state index in [1.165, 1.54) is 83.5 Å². The van der Waals surface area contributed by atoms with Crippen molar-refractivity contribution in [3.8, 4) is 0 Å². The van der Waals surface area contributed by atoms with Gasteiger partial charge in [0.15, 0.2) is 0 Å². The number of hydrogen-bond acceptors (Lipinski definition) is 2. The van der Waals surface area contributed by atoms with E-state index >= 15 is 0 Å². The first-order chi connectivity index (χ1) is 10.4. The third kappa shape index (κ3) is 10.3. The lowest BCUT2D eigenvalue weighted by Crippen LogP contribution is -2.33. The number of rotatable bonds is 13. The Balaban J connectivity index is 2.08. The van der Waals surface area contributed by atoms with Gasteiger partial charge in [-0.2, -0.15) is 0 Å². The van der Waals surface area contributed by atoms with Crippen molar-refractivity contribution in [3.63, 3.8) is 0 Å². The van der Waals surface area contributed by atoms with Crippen LogP contribution in [0.25, 0.3) is 0 Å². The van der Waals surface area contributed by atoms with Gasteiger partial charge in [0.25, 0.3) is 0 Å². The van der Waals surface area contributed by atoms with E-state index in [4.69, 9.17) is 4.74 Å². The number of ether oxygens (including phenoxy) is 1. The van der Waals surface area contributed by atoms with E-state index in [0.29, 0.717) is 6.10 Å². The Morgan fingerprint density at radius 1 is 0.905 bits per heavy atom. The van der Waals surface area contributed by atoms with Gasteiger partial charge in [0.1, 0.15) is 0 Å². The minimum absolute atomic E-state index is 0.555. The lowest BCUT2D eigenvalue weighted by atomic mass is 9.98. The molecule has 1 N–H and O–H groups in total. The molecule has 0 bridgehead atoms. The van der Waals surface area contributed by atoms with E-state index in [1.807, 2.05) is 0 Å². The van der Waals surface area contributed by atoms with Crippen LogP contribution in [0.3, 0.4) is 0 Å². The van der Waals surface area contributed by atoms with Crippen molar-refractivity contribution in [2.45, 2.75) is 109 Å². The normalized spacial score (nSPS) is 16.7. The standard InChI is InChI=1S/C19H39NO/c1-3-5-8-12-18(13-9-6-4-2)20-16-17-21-19-14-10-7-11-15-19/h18-20H,3-17H2,1-2H3. The molecule has 0 aromatic heterocycles. The number of nitrogens with one attached hydrogen (secondary N) is 1. The second-order valence-corrected chi connectivity index (χ2v) is 6.77. The first kappa shape index (κ1) is 19.0. The van der Waals surface area contributed by atoms with Crippen LogP contribution in [0.1, 0.15) is 97.3 Å². The first-order valence-corrected chi connectivity index (χ1v) is 9.71. The maximum absolute atomic E-state index is 6.02. The van der Waals surface area contributed by atoms with Gasteiger partial charge in [-0.25, -0.2) is 0 Å². The highest BCUT2D eigenvalue weighted by molar-refractivity contribution is 4.69. The molecule has 0 aromatic rings. The van der Waals surface area contributed by atoms with Gasteiger partial charge in [0.2, 0.25) is 0 Å². The lowest BCUT2D eigenvalue weighted by Gasteiger charge is -2.23. The van der Waals surface area contributed by atoms with Crippen LogP contribution in [0.4, 0.5) is 0 Å². The summed E-state index contributed by atoms with van der Waals surface area (Å²) >= 11 is 0. The van der Waals surface area contributed by atoms with Crippen LogP contribution in [-0.2, 0) is 4.74 Å². The fraction of sp³-hybridized carbons (Fsp3) is 1.00. The molecular formula is C19H39NO. The summed E-state index contributed by atoms with van der Waals surface area (Å²) in [4.78, 5) is 0. The predicted octanol–water partition coefficient (Wildman–Crippen LogP) is 5.45. The van der Waals surface area contributed by atoms with Gasteiger partial charge >= 0.3 is 0 Å². The van der Waals surface area contributed by atoms with Crippen LogP contribution in [0.15, 0.2) is 0 Å². The molecule has 21 heavy (non-hydrogen) atoms. The second-order valence-electron chi connectivity index (χ2n) is 6.77. The second kappa shape index (κ2) is 13.6. The fourth-order valence-corrected chi connectivity index (χ4v) is 3.35. The average molecular weight is 298 g/mol. The minimum Gasteiger partial charge on any atom is -0.377 e. The smallest absolute Gasteiger partial charge is 0.0594 e. The van der Waals surface area contributed by atoms with Gasteiger partial charge in [-0.1, -0.05) is 71.6 Å². The summed E-state index contributed by atoms with van der Waals surface area (Å²) in [6.07, 6.45) is 18.1. The molecule has 1 fully saturated rings. The summed E-state index contributed by atoms with van der Waals surface area (Å²) in [5.41, 5.74) is 0. The third-order valence-corrected chi connectivity index (χ3v) is 4.75. The van der Waals surface area contributed by atoms with E-state index in [9.17, 15) is 0 Å². The Bertz CT molecular complexity index is 204. The molecule has 0 spiro atoms. The molecule has 2 nitrogen and oxygen atoms in total. The number of unbranched alkanes of at least 4 members (excludes halogenated alkanes) is 4. The molecule has 0 aromatic carbocycles. The quantitative estimate of drug-likeness (QED) is 0.456. The average Bonchev–Trinajstić information content (AvgIpc) is 2.52. The Hall–Kier alpha value is -0.0800. The lowest BCUT2D eigenvalue weighted by molar-refractivity contribution is 0.0291. The highest BCUT2D eigenvalue weighted by Crippen LogP contribution is 2.20. The summed E-state index contributed by atoms with van der Waals surface area (Å²) in [7, 11) is 0. The molecule has 1 rings (SSSR count). The van der Waals surface area contributed by atoms with Crippen molar-refractivity contribution >= 4 is 0 Å². The fourth-order valence-electron chi connectivity index (χ4n) is 3.35. The monoisotopic (exact) mass is 297 g/mol. The zero-order valence-corrected chi connectivity index (χ0v) is 14.7. The molecule has 0 aliphatic heterocycles. The van der Waals surface area contributed by atoms with Gasteiger partial charge in [0.05, 0.1) is 12.7 Å². The molecule has 0 unspecified atom stereocenters. The van der Waals surface area contributed by atoms with Crippen molar-refractivity contribution in [3.05, 3.63) is 0 Å². The van der Waals surface area contributed by atoms with E-state index in [1.54, 1.807) is 0 Å². The van der Waals surface area contributed by atoms with Gasteiger partial charge in [-0.3, -0.25) is 0 Å². The highest BCUT2D eigenvalue weighted by atomic mass is 16.5. The van der Waals surface area contributed by atoms with Crippen molar-refractivity contribution in [2.24, 2.45) is 0 Å². The van der Waals surface area contributed by atoms with Crippen LogP contribution in [-0.4, -0.2) is 25.3 Å². The van der Waals surface area contributed by atoms with Crippen LogP contribution < -0.4 is 5.32 Å². The molecule has 0 radical (unpaired) electrons. The van der Waals surface area contributed by atoms with Gasteiger partial charge in [-0.15, -0.1) is 0 Å². The molecule has 0 atom stereocenters. The maximum Gasteiger partial charge on any atom is 0.0594 e. The Morgan fingerprint density at radius 2 is 1.52 bits per heavy atom. The summed E-state index contributed by atoms with van der Waals surface area (Å²) in [5.74, 6) is 0. The Morgan fingerprint density at radius 3 is 2.10 bits per heavy atom. The summed E-state index contributed by atoms with van der Waals surface area (Å²) in [6.45, 7) is 6.53. The largest absolute Gasteiger partial charge is 0.377 e. The van der Waals surface area contributed by atoms with E-state index < -0.39 is 0 Å². The van der Waals surface area contributed by atoms with E-state index in [-0.39, 0.29) is 0 Å². The minimum atomic E-state index is 0.555. The zero-order chi connectivity index (χ0) is 15.2. The summed E-state index contributed by atoms with van der Waals surface area (Å²) in [6, 6.07) is 0.720. The van der Waals surface area contributed by atoms with Crippen LogP contribution >= 0.6 is 0 Å². The Kier molecular flexibility index (Phi) is 12.3. The summed E-state index contributed by atoms with van der Waals surface area (Å²) < 4.78 is 6.02. The van der Waals surface area contributed by atoms with Gasteiger partial charge in [0, 0.05) is 12.6 Å². The molecule has 2 heteroatoms. The SMILES string of the molecule is CCCCCC(CCCCC)NCCOC1CCCCC1. The van der Waals surface area contributed by atoms with Crippen LogP contribution in [0.2, 0.25) is 0 Å². The zero-order valence-electron chi connectivity index (χ0n) is 14.7. The third-order valence-electron chi connectivity index (χ3n) is 4.75. The highest BCUT2D eigenvalue weighted by Gasteiger charge is 2.13. The molecule has 0 amide bonds. The molecule has 0 heterocycles. The molecule has 0 saturated heterocycles. The van der Waals surface area contributed by atoms with Gasteiger partial charge in [-0.05, 0) is 25.7 Å². The molecule has 126 valence electrons. The molecule has 1 saturated carbocycles. The van der Waals surface area contributed by atoms with Crippen molar-refractivity contribution in [1.29, 1.82) is 0 Å². The van der Waals surface area contributed by atoms with Crippen LogP contribution in [0, 0.1) is 0 Å². The van der Waals surface area contributed by atoms with Crippen molar-refractivity contribution in [2.75, 3.05) is 13.2 Å². The molecular weight excluding hydrogens is 258 g/mol. The van der Waals surface area contributed by atoms with Crippen LogP contribution in [0.5, 0.6) is 0 Å².